The number of hydrogen-bond donors (Lipinski definition) is 1. The smallest absolute Gasteiger partial charge is 0.428 e. The number of nitrogens with one attached hydrogen (secondary N) is 1. The Labute approximate surface area is 107 Å². The van der Waals surface area contributed by atoms with E-state index in [0.717, 1.165) is 3.77 Å². The second-order valence-electron chi connectivity index (χ2n) is 4.01. The molecule has 0 saturated carbocycles. The summed E-state index contributed by atoms with van der Waals surface area (Å²) in [4.78, 5) is 11.2. The molecule has 0 aliphatic rings. The lowest BCUT2D eigenvalue weighted by Gasteiger charge is -2.18. The van der Waals surface area contributed by atoms with E-state index in [1.165, 1.54) is 6.21 Å². The maximum Gasteiger partial charge on any atom is 0.428 e. The van der Waals surface area contributed by atoms with Gasteiger partial charge in [0.1, 0.15) is 11.4 Å². The summed E-state index contributed by atoms with van der Waals surface area (Å²) in [5, 5.41) is 3.69. The number of ether oxygens (including phenoxy) is 1. The van der Waals surface area contributed by atoms with Gasteiger partial charge < -0.3 is 9.15 Å². The van der Waals surface area contributed by atoms with E-state index in [1.807, 2.05) is 22.6 Å². The van der Waals surface area contributed by atoms with Crippen molar-refractivity contribution in [1.29, 1.82) is 0 Å². The third-order valence-electron chi connectivity index (χ3n) is 1.34. The lowest BCUT2D eigenvalue weighted by atomic mass is 10.2. The minimum Gasteiger partial charge on any atom is -0.449 e. The first-order chi connectivity index (χ1) is 7.37. The van der Waals surface area contributed by atoms with Gasteiger partial charge >= 0.3 is 6.09 Å². The van der Waals surface area contributed by atoms with Gasteiger partial charge in [-0.05, 0) is 55.5 Å². The van der Waals surface area contributed by atoms with Gasteiger partial charge in [0.05, 0.1) is 6.21 Å². The molecule has 0 aliphatic carbocycles. The lowest BCUT2D eigenvalue weighted by Crippen LogP contribution is -2.29. The first-order valence-electron chi connectivity index (χ1n) is 4.64. The fourth-order valence-electron chi connectivity index (χ4n) is 0.847. The van der Waals surface area contributed by atoms with Crippen molar-refractivity contribution in [2.45, 2.75) is 26.4 Å². The Kier molecular flexibility index (Phi) is 4.34. The quantitative estimate of drug-likeness (QED) is 0.513. The standard InChI is InChI=1S/C10H13IN2O3/c1-10(2,3)16-9(14)13-12-6-7-4-5-8(11)15-7/h4-6H,1-3H3,(H,13,14)/b12-6-. The summed E-state index contributed by atoms with van der Waals surface area (Å²) in [5.41, 5.74) is 1.71. The van der Waals surface area contributed by atoms with E-state index in [0.29, 0.717) is 5.76 Å². The number of carbonyl (C=O) groups is 1. The van der Waals surface area contributed by atoms with Crippen molar-refractivity contribution in [2.75, 3.05) is 0 Å². The molecule has 5 nitrogen and oxygen atoms in total. The molecule has 0 unspecified atom stereocenters. The van der Waals surface area contributed by atoms with Crippen LogP contribution in [-0.4, -0.2) is 17.9 Å². The van der Waals surface area contributed by atoms with Gasteiger partial charge in [0, 0.05) is 0 Å². The summed E-state index contributed by atoms with van der Waals surface area (Å²) in [6, 6.07) is 3.55. The van der Waals surface area contributed by atoms with Crippen LogP contribution in [0.1, 0.15) is 26.5 Å². The monoisotopic (exact) mass is 336 g/mol. The van der Waals surface area contributed by atoms with Crippen LogP contribution < -0.4 is 5.43 Å². The molecule has 0 aliphatic heterocycles. The van der Waals surface area contributed by atoms with Crippen LogP contribution in [-0.2, 0) is 4.74 Å². The molecule has 6 heteroatoms. The van der Waals surface area contributed by atoms with Gasteiger partial charge in [-0.15, -0.1) is 0 Å². The van der Waals surface area contributed by atoms with Gasteiger partial charge in [-0.3, -0.25) is 0 Å². The van der Waals surface area contributed by atoms with Crippen LogP contribution in [0.4, 0.5) is 4.79 Å². The molecular weight excluding hydrogens is 323 g/mol. The number of hydrazone groups is 1. The molecular formula is C10H13IN2O3. The fourth-order valence-corrected chi connectivity index (χ4v) is 1.28. The maximum absolute atomic E-state index is 11.2. The number of halogens is 1. The van der Waals surface area contributed by atoms with Crippen LogP contribution in [0.5, 0.6) is 0 Å². The summed E-state index contributed by atoms with van der Waals surface area (Å²) >= 11 is 2.04. The predicted octanol–water partition coefficient (Wildman–Crippen LogP) is 2.74. The van der Waals surface area contributed by atoms with Crippen molar-refractivity contribution in [3.8, 4) is 0 Å². The Morgan fingerprint density at radius 3 is 2.75 bits per heavy atom. The number of carbonyl (C=O) groups excluding carboxylic acids is 1. The molecule has 0 radical (unpaired) electrons. The van der Waals surface area contributed by atoms with Crippen molar-refractivity contribution < 1.29 is 13.9 Å². The highest BCUT2D eigenvalue weighted by molar-refractivity contribution is 14.1. The van der Waals surface area contributed by atoms with Crippen LogP contribution in [0.25, 0.3) is 0 Å². The summed E-state index contributed by atoms with van der Waals surface area (Å²) in [7, 11) is 0. The molecule has 1 amide bonds. The fraction of sp³-hybridized carbons (Fsp3) is 0.400. The zero-order valence-electron chi connectivity index (χ0n) is 9.28. The van der Waals surface area contributed by atoms with E-state index in [4.69, 9.17) is 9.15 Å². The first-order valence-corrected chi connectivity index (χ1v) is 5.72. The second-order valence-corrected chi connectivity index (χ2v) is 5.08. The highest BCUT2D eigenvalue weighted by Gasteiger charge is 2.15. The molecule has 1 aromatic heterocycles. The van der Waals surface area contributed by atoms with Gasteiger partial charge in [0.15, 0.2) is 3.77 Å². The maximum atomic E-state index is 11.2. The topological polar surface area (TPSA) is 63.8 Å². The highest BCUT2D eigenvalue weighted by atomic mass is 127. The van der Waals surface area contributed by atoms with Crippen molar-refractivity contribution in [2.24, 2.45) is 5.10 Å². The normalized spacial score (nSPS) is 11.8. The predicted molar refractivity (Wildman–Crippen MR) is 68.4 cm³/mol. The average molecular weight is 336 g/mol. The molecule has 1 aromatic rings. The molecule has 16 heavy (non-hydrogen) atoms. The Balaban J connectivity index is 2.40. The third kappa shape index (κ3) is 5.15. The van der Waals surface area contributed by atoms with Gasteiger partial charge in [0.2, 0.25) is 0 Å². The van der Waals surface area contributed by atoms with Crippen molar-refractivity contribution in [3.05, 3.63) is 21.7 Å². The first kappa shape index (κ1) is 13.0. The van der Waals surface area contributed by atoms with Crippen LogP contribution in [0, 0.1) is 3.77 Å². The molecule has 0 aromatic carbocycles. The van der Waals surface area contributed by atoms with E-state index in [1.54, 1.807) is 32.9 Å². The summed E-state index contributed by atoms with van der Waals surface area (Å²) in [6.07, 6.45) is 0.816. The Hall–Kier alpha value is -1.05. The molecule has 88 valence electrons. The van der Waals surface area contributed by atoms with E-state index in [2.05, 4.69) is 10.5 Å². The van der Waals surface area contributed by atoms with Crippen molar-refractivity contribution in [1.82, 2.24) is 5.43 Å². The molecule has 1 N–H and O–H groups in total. The highest BCUT2D eigenvalue weighted by Crippen LogP contribution is 2.08. The van der Waals surface area contributed by atoms with Crippen LogP contribution >= 0.6 is 22.6 Å². The Bertz CT molecular complexity index is 393. The van der Waals surface area contributed by atoms with E-state index in [9.17, 15) is 4.79 Å². The largest absolute Gasteiger partial charge is 0.449 e. The van der Waals surface area contributed by atoms with Crippen LogP contribution in [0.15, 0.2) is 21.7 Å². The zero-order chi connectivity index (χ0) is 12.2. The minimum atomic E-state index is -0.593. The molecule has 1 heterocycles. The average Bonchev–Trinajstić information content (AvgIpc) is 2.48. The minimum absolute atomic E-state index is 0.528. The molecule has 0 atom stereocenters. The summed E-state index contributed by atoms with van der Waals surface area (Å²) in [6.45, 7) is 5.35. The molecule has 0 fully saturated rings. The summed E-state index contributed by atoms with van der Waals surface area (Å²) in [5.74, 6) is 0.570. The number of furan rings is 1. The van der Waals surface area contributed by atoms with E-state index >= 15 is 0 Å². The van der Waals surface area contributed by atoms with Gasteiger partial charge in [0.25, 0.3) is 0 Å². The van der Waals surface area contributed by atoms with Crippen LogP contribution in [0.2, 0.25) is 0 Å². The SMILES string of the molecule is CC(C)(C)OC(=O)N/N=C\c1ccc(I)o1. The molecule has 0 bridgehead atoms. The molecule has 0 spiro atoms. The van der Waals surface area contributed by atoms with Crippen molar-refractivity contribution in [3.63, 3.8) is 0 Å². The summed E-state index contributed by atoms with van der Waals surface area (Å²) < 4.78 is 11.0. The Morgan fingerprint density at radius 1 is 1.56 bits per heavy atom. The second kappa shape index (κ2) is 5.33. The number of rotatable bonds is 2. The van der Waals surface area contributed by atoms with E-state index < -0.39 is 11.7 Å². The van der Waals surface area contributed by atoms with Crippen molar-refractivity contribution >= 4 is 34.9 Å². The number of nitrogens with zero attached hydrogens (tertiary/aromatic N) is 1. The van der Waals surface area contributed by atoms with Crippen LogP contribution in [0.3, 0.4) is 0 Å². The molecule has 1 rings (SSSR count). The molecule has 0 saturated heterocycles. The van der Waals surface area contributed by atoms with Gasteiger partial charge in [-0.1, -0.05) is 0 Å². The number of hydrogen-bond acceptors (Lipinski definition) is 4. The Morgan fingerprint density at radius 2 is 2.25 bits per heavy atom. The third-order valence-corrected chi connectivity index (χ3v) is 1.92. The zero-order valence-corrected chi connectivity index (χ0v) is 11.4. The van der Waals surface area contributed by atoms with Gasteiger partial charge in [-0.2, -0.15) is 5.10 Å². The number of amides is 1. The lowest BCUT2D eigenvalue weighted by molar-refractivity contribution is 0.0529. The van der Waals surface area contributed by atoms with E-state index in [-0.39, 0.29) is 0 Å². The van der Waals surface area contributed by atoms with Gasteiger partial charge in [-0.25, -0.2) is 10.2 Å².